The molecule has 94 valence electrons. The lowest BCUT2D eigenvalue weighted by Crippen LogP contribution is -2.24. The second kappa shape index (κ2) is 5.84. The maximum atomic E-state index is 12.0. The molecule has 0 aromatic carbocycles. The Kier molecular flexibility index (Phi) is 4.18. The average molecular weight is 235 g/mol. The van der Waals surface area contributed by atoms with Crippen molar-refractivity contribution in [3.05, 3.63) is 12.0 Å². The molecule has 1 aromatic rings. The number of nitrogens with one attached hydrogen (secondary N) is 2. The highest BCUT2D eigenvalue weighted by Gasteiger charge is 2.21. The molecular weight excluding hydrogens is 214 g/mol. The van der Waals surface area contributed by atoms with Gasteiger partial charge in [0.05, 0.1) is 6.20 Å². The maximum Gasteiger partial charge on any atom is 0.228 e. The van der Waals surface area contributed by atoms with E-state index in [0.29, 0.717) is 0 Å². The summed E-state index contributed by atoms with van der Waals surface area (Å²) >= 11 is 0. The second-order valence-corrected chi connectivity index (χ2v) is 4.82. The zero-order chi connectivity index (χ0) is 12.1. The molecule has 4 heteroatoms. The van der Waals surface area contributed by atoms with Crippen LogP contribution in [0.5, 0.6) is 0 Å². The summed E-state index contributed by atoms with van der Waals surface area (Å²) in [6.45, 7) is 2.11. The van der Waals surface area contributed by atoms with Gasteiger partial charge in [0.2, 0.25) is 5.91 Å². The van der Waals surface area contributed by atoms with Gasteiger partial charge in [-0.15, -0.1) is 0 Å². The molecule has 1 saturated carbocycles. The molecule has 1 aliphatic carbocycles. The predicted octanol–water partition coefficient (Wildman–Crippen LogP) is 2.88. The minimum absolute atomic E-state index is 0.149. The fourth-order valence-corrected chi connectivity index (χ4v) is 2.39. The highest BCUT2D eigenvalue weighted by molar-refractivity contribution is 5.91. The molecule has 1 amide bonds. The van der Waals surface area contributed by atoms with E-state index in [1.807, 2.05) is 0 Å². The van der Waals surface area contributed by atoms with E-state index in [1.165, 1.54) is 19.3 Å². The summed E-state index contributed by atoms with van der Waals surface area (Å²) in [4.78, 5) is 19.4. The maximum absolute atomic E-state index is 12.0. The third-order valence-corrected chi connectivity index (χ3v) is 3.35. The molecule has 2 N–H and O–H groups in total. The van der Waals surface area contributed by atoms with Crippen LogP contribution in [0.15, 0.2) is 6.20 Å². The largest absolute Gasteiger partial charge is 0.329 e. The third kappa shape index (κ3) is 3.32. The first-order valence-corrected chi connectivity index (χ1v) is 6.64. The number of hydrogen-bond donors (Lipinski definition) is 2. The molecule has 0 aliphatic heterocycles. The molecule has 0 bridgehead atoms. The lowest BCUT2D eigenvalue weighted by molar-refractivity contribution is -0.120. The van der Waals surface area contributed by atoms with E-state index in [2.05, 4.69) is 22.2 Å². The fraction of sp³-hybridized carbons (Fsp3) is 0.692. The summed E-state index contributed by atoms with van der Waals surface area (Å²) in [5, 5.41) is 2.93. The Morgan fingerprint density at radius 2 is 2.24 bits per heavy atom. The van der Waals surface area contributed by atoms with E-state index in [9.17, 15) is 4.79 Å². The lowest BCUT2D eigenvalue weighted by atomic mass is 9.89. The van der Waals surface area contributed by atoms with Crippen molar-refractivity contribution in [2.75, 3.05) is 5.32 Å². The van der Waals surface area contributed by atoms with Crippen molar-refractivity contribution < 1.29 is 4.79 Å². The highest BCUT2D eigenvalue weighted by atomic mass is 16.1. The third-order valence-electron chi connectivity index (χ3n) is 3.35. The van der Waals surface area contributed by atoms with Crippen LogP contribution in [0.3, 0.4) is 0 Å². The van der Waals surface area contributed by atoms with Crippen molar-refractivity contribution in [1.29, 1.82) is 0 Å². The summed E-state index contributed by atoms with van der Waals surface area (Å²) in [7, 11) is 0. The van der Waals surface area contributed by atoms with Gasteiger partial charge in [0.25, 0.3) is 0 Å². The number of anilines is 1. The van der Waals surface area contributed by atoms with Crippen LogP contribution in [0.25, 0.3) is 0 Å². The normalized spacial score (nSPS) is 17.0. The number of hydrogen-bond acceptors (Lipinski definition) is 2. The highest BCUT2D eigenvalue weighted by Crippen LogP contribution is 2.24. The van der Waals surface area contributed by atoms with E-state index in [4.69, 9.17) is 0 Å². The van der Waals surface area contributed by atoms with E-state index in [-0.39, 0.29) is 11.8 Å². The molecule has 2 rings (SSSR count). The second-order valence-electron chi connectivity index (χ2n) is 4.82. The SMILES string of the molecule is CCCc1ncc(NC(=O)C2CCCCC2)[nH]1. The van der Waals surface area contributed by atoms with E-state index in [0.717, 1.165) is 37.3 Å². The Balaban J connectivity index is 1.88. The van der Waals surface area contributed by atoms with Crippen LogP contribution in [0.4, 0.5) is 5.82 Å². The molecule has 0 atom stereocenters. The van der Waals surface area contributed by atoms with Crippen LogP contribution in [0.2, 0.25) is 0 Å². The van der Waals surface area contributed by atoms with Crippen LogP contribution >= 0.6 is 0 Å². The van der Waals surface area contributed by atoms with Gasteiger partial charge in [0, 0.05) is 12.3 Å². The molecule has 0 radical (unpaired) electrons. The number of aromatic amines is 1. The summed E-state index contributed by atoms with van der Waals surface area (Å²) in [6.07, 6.45) is 9.40. The average Bonchev–Trinajstić information content (AvgIpc) is 2.78. The summed E-state index contributed by atoms with van der Waals surface area (Å²) in [6, 6.07) is 0. The number of aryl methyl sites for hydroxylation is 1. The Hall–Kier alpha value is -1.32. The number of imidazole rings is 1. The number of carbonyl (C=O) groups is 1. The first kappa shape index (κ1) is 12.1. The van der Waals surface area contributed by atoms with E-state index >= 15 is 0 Å². The van der Waals surface area contributed by atoms with Gasteiger partial charge in [0.1, 0.15) is 11.6 Å². The minimum atomic E-state index is 0.149. The van der Waals surface area contributed by atoms with Gasteiger partial charge in [-0.25, -0.2) is 4.98 Å². The molecule has 4 nitrogen and oxygen atoms in total. The number of rotatable bonds is 4. The molecule has 1 heterocycles. The van der Waals surface area contributed by atoms with Gasteiger partial charge in [-0.1, -0.05) is 26.2 Å². The molecule has 1 aliphatic rings. The molecule has 0 unspecified atom stereocenters. The molecule has 17 heavy (non-hydrogen) atoms. The molecule has 1 fully saturated rings. The van der Waals surface area contributed by atoms with Gasteiger partial charge in [-0.05, 0) is 19.3 Å². The van der Waals surface area contributed by atoms with Crippen LogP contribution in [-0.4, -0.2) is 15.9 Å². The van der Waals surface area contributed by atoms with Crippen molar-refractivity contribution in [2.45, 2.75) is 51.9 Å². The van der Waals surface area contributed by atoms with Crippen molar-refractivity contribution in [1.82, 2.24) is 9.97 Å². The summed E-state index contributed by atoms with van der Waals surface area (Å²) in [5.74, 6) is 2.04. The molecule has 0 spiro atoms. The molecule has 1 aromatic heterocycles. The molecule has 0 saturated heterocycles. The van der Waals surface area contributed by atoms with E-state index in [1.54, 1.807) is 6.20 Å². The Labute approximate surface area is 102 Å². The topological polar surface area (TPSA) is 57.8 Å². The van der Waals surface area contributed by atoms with Gasteiger partial charge < -0.3 is 10.3 Å². The van der Waals surface area contributed by atoms with Gasteiger partial charge in [0.15, 0.2) is 0 Å². The number of H-pyrrole nitrogens is 1. The van der Waals surface area contributed by atoms with Crippen LogP contribution in [0, 0.1) is 5.92 Å². The first-order valence-electron chi connectivity index (χ1n) is 6.64. The lowest BCUT2D eigenvalue weighted by Gasteiger charge is -2.20. The zero-order valence-electron chi connectivity index (χ0n) is 10.5. The van der Waals surface area contributed by atoms with Gasteiger partial charge in [-0.3, -0.25) is 4.79 Å². The Bertz CT molecular complexity index is 366. The van der Waals surface area contributed by atoms with Crippen molar-refractivity contribution in [2.24, 2.45) is 5.92 Å². The quantitative estimate of drug-likeness (QED) is 0.843. The number of amides is 1. The number of aromatic nitrogens is 2. The van der Waals surface area contributed by atoms with Crippen molar-refractivity contribution >= 4 is 11.7 Å². The number of carbonyl (C=O) groups excluding carboxylic acids is 1. The Morgan fingerprint density at radius 3 is 2.94 bits per heavy atom. The van der Waals surface area contributed by atoms with Crippen molar-refractivity contribution in [3.8, 4) is 0 Å². The smallest absolute Gasteiger partial charge is 0.228 e. The fourth-order valence-electron chi connectivity index (χ4n) is 2.39. The van der Waals surface area contributed by atoms with Gasteiger partial charge >= 0.3 is 0 Å². The predicted molar refractivity (Wildman–Crippen MR) is 67.8 cm³/mol. The zero-order valence-corrected chi connectivity index (χ0v) is 10.5. The van der Waals surface area contributed by atoms with Crippen LogP contribution < -0.4 is 5.32 Å². The molecular formula is C13H21N3O. The van der Waals surface area contributed by atoms with Gasteiger partial charge in [-0.2, -0.15) is 0 Å². The standard InChI is InChI=1S/C13H21N3O/c1-2-6-11-14-9-12(15-11)16-13(17)10-7-4-3-5-8-10/h9-10H,2-8H2,1H3,(H,14,15)(H,16,17). The monoisotopic (exact) mass is 235 g/mol. The first-order chi connectivity index (χ1) is 8.29. The Morgan fingerprint density at radius 1 is 1.47 bits per heavy atom. The summed E-state index contributed by atoms with van der Waals surface area (Å²) < 4.78 is 0. The van der Waals surface area contributed by atoms with Crippen molar-refractivity contribution in [3.63, 3.8) is 0 Å². The minimum Gasteiger partial charge on any atom is -0.329 e. The number of nitrogens with zero attached hydrogens (tertiary/aromatic N) is 1. The van der Waals surface area contributed by atoms with Crippen LogP contribution in [0.1, 0.15) is 51.3 Å². The summed E-state index contributed by atoms with van der Waals surface area (Å²) in [5.41, 5.74) is 0. The van der Waals surface area contributed by atoms with Crippen LogP contribution in [-0.2, 0) is 11.2 Å². The van der Waals surface area contributed by atoms with E-state index < -0.39 is 0 Å².